The lowest BCUT2D eigenvalue weighted by Gasteiger charge is -2.39. The Morgan fingerprint density at radius 3 is 1.95 bits per heavy atom. The minimum absolute atomic E-state index is 0.308. The standard InChI is InChI=1S/C16H27IO3Si/c1-6-14-11-10-12-15(13-14)16(5,17)21(18-7-2,19-8-3)20-9-4/h10-13H,6-9H2,1-5H3. The van der Waals surface area contributed by atoms with E-state index < -0.39 is 8.80 Å². The van der Waals surface area contributed by atoms with Crippen LogP contribution in [0.2, 0.25) is 0 Å². The third-order valence-corrected chi connectivity index (χ3v) is 9.50. The number of rotatable bonds is 9. The van der Waals surface area contributed by atoms with Crippen LogP contribution in [0.4, 0.5) is 0 Å². The Kier molecular flexibility index (Phi) is 7.84. The number of halogens is 1. The van der Waals surface area contributed by atoms with Gasteiger partial charge in [0, 0.05) is 19.8 Å². The first-order valence-electron chi connectivity index (χ1n) is 7.67. The van der Waals surface area contributed by atoms with Gasteiger partial charge in [-0.05, 0) is 45.2 Å². The van der Waals surface area contributed by atoms with Crippen molar-refractivity contribution < 1.29 is 13.3 Å². The van der Waals surface area contributed by atoms with Gasteiger partial charge < -0.3 is 13.3 Å². The number of benzene rings is 1. The number of hydrogen-bond donors (Lipinski definition) is 0. The summed E-state index contributed by atoms with van der Waals surface area (Å²) in [6, 6.07) is 8.64. The average Bonchev–Trinajstić information content (AvgIpc) is 2.48. The average molecular weight is 422 g/mol. The molecule has 0 aromatic heterocycles. The second kappa shape index (κ2) is 8.62. The van der Waals surface area contributed by atoms with Crippen molar-refractivity contribution in [2.24, 2.45) is 0 Å². The zero-order chi connectivity index (χ0) is 15.9. The molecule has 0 amide bonds. The molecule has 0 heterocycles. The van der Waals surface area contributed by atoms with Crippen molar-refractivity contribution in [1.29, 1.82) is 0 Å². The van der Waals surface area contributed by atoms with Crippen molar-refractivity contribution >= 4 is 31.4 Å². The smallest absolute Gasteiger partial charge is 0.373 e. The fraction of sp³-hybridized carbons (Fsp3) is 0.625. The van der Waals surface area contributed by atoms with Crippen molar-refractivity contribution in [1.82, 2.24) is 0 Å². The fourth-order valence-electron chi connectivity index (χ4n) is 2.36. The van der Waals surface area contributed by atoms with Gasteiger partial charge in [0.1, 0.15) is 3.04 Å². The molecule has 1 aromatic carbocycles. The summed E-state index contributed by atoms with van der Waals surface area (Å²) in [4.78, 5) is 0. The van der Waals surface area contributed by atoms with E-state index >= 15 is 0 Å². The van der Waals surface area contributed by atoms with E-state index in [1.807, 2.05) is 20.8 Å². The van der Waals surface area contributed by atoms with Crippen molar-refractivity contribution in [3.8, 4) is 0 Å². The summed E-state index contributed by atoms with van der Waals surface area (Å²) in [5.41, 5.74) is 2.53. The summed E-state index contributed by atoms with van der Waals surface area (Å²) in [5.74, 6) is 0. The van der Waals surface area contributed by atoms with Crippen molar-refractivity contribution in [2.45, 2.75) is 44.1 Å². The molecule has 0 fully saturated rings. The molecule has 0 aliphatic heterocycles. The lowest BCUT2D eigenvalue weighted by Crippen LogP contribution is -2.59. The largest absolute Gasteiger partial charge is 0.522 e. The van der Waals surface area contributed by atoms with Gasteiger partial charge in [-0.1, -0.05) is 53.8 Å². The number of alkyl halides is 1. The van der Waals surface area contributed by atoms with E-state index in [1.165, 1.54) is 11.1 Å². The minimum atomic E-state index is -2.81. The molecule has 0 N–H and O–H groups in total. The van der Waals surface area contributed by atoms with Gasteiger partial charge in [-0.2, -0.15) is 0 Å². The van der Waals surface area contributed by atoms with Crippen LogP contribution in [0.5, 0.6) is 0 Å². The maximum Gasteiger partial charge on any atom is 0.522 e. The van der Waals surface area contributed by atoms with Gasteiger partial charge in [-0.15, -0.1) is 0 Å². The first kappa shape index (κ1) is 19.1. The highest BCUT2D eigenvalue weighted by molar-refractivity contribution is 14.1. The SMILES string of the molecule is CCO[Si](OCC)(OCC)C(C)(I)c1cccc(CC)c1. The molecule has 0 saturated heterocycles. The van der Waals surface area contributed by atoms with E-state index in [4.69, 9.17) is 13.3 Å². The van der Waals surface area contributed by atoms with Crippen LogP contribution >= 0.6 is 22.6 Å². The number of hydrogen-bond acceptors (Lipinski definition) is 3. The highest BCUT2D eigenvalue weighted by atomic mass is 127. The van der Waals surface area contributed by atoms with Crippen molar-refractivity contribution in [2.75, 3.05) is 19.8 Å². The molecule has 0 radical (unpaired) electrons. The van der Waals surface area contributed by atoms with Crippen molar-refractivity contribution in [3.05, 3.63) is 35.4 Å². The third kappa shape index (κ3) is 4.28. The normalized spacial score (nSPS) is 15.0. The molecule has 0 aliphatic rings. The molecule has 3 nitrogen and oxygen atoms in total. The highest BCUT2D eigenvalue weighted by Gasteiger charge is 2.58. The van der Waals surface area contributed by atoms with Gasteiger partial charge in [-0.3, -0.25) is 0 Å². The zero-order valence-corrected chi connectivity index (χ0v) is 16.9. The van der Waals surface area contributed by atoms with E-state index in [0.717, 1.165) is 6.42 Å². The van der Waals surface area contributed by atoms with Crippen LogP contribution in [-0.4, -0.2) is 28.6 Å². The van der Waals surface area contributed by atoms with Gasteiger partial charge in [0.2, 0.25) is 0 Å². The Bertz CT molecular complexity index is 420. The van der Waals surface area contributed by atoms with Crippen LogP contribution in [-0.2, 0) is 22.7 Å². The summed E-state index contributed by atoms with van der Waals surface area (Å²) in [6.45, 7) is 12.1. The first-order chi connectivity index (χ1) is 9.97. The van der Waals surface area contributed by atoms with E-state index in [9.17, 15) is 0 Å². The van der Waals surface area contributed by atoms with Crippen LogP contribution in [0.3, 0.4) is 0 Å². The lowest BCUT2D eigenvalue weighted by molar-refractivity contribution is 0.0612. The molecular weight excluding hydrogens is 395 g/mol. The molecule has 1 rings (SSSR count). The zero-order valence-electron chi connectivity index (χ0n) is 13.7. The van der Waals surface area contributed by atoms with Gasteiger partial charge >= 0.3 is 8.80 Å². The monoisotopic (exact) mass is 422 g/mol. The first-order valence-corrected chi connectivity index (χ1v) is 10.5. The Morgan fingerprint density at radius 2 is 1.52 bits per heavy atom. The van der Waals surface area contributed by atoms with Gasteiger partial charge in [0.15, 0.2) is 0 Å². The quantitative estimate of drug-likeness (QED) is 0.334. The maximum absolute atomic E-state index is 6.09. The van der Waals surface area contributed by atoms with Crippen molar-refractivity contribution in [3.63, 3.8) is 0 Å². The number of aryl methyl sites for hydroxylation is 1. The minimum Gasteiger partial charge on any atom is -0.373 e. The predicted octanol–water partition coefficient (Wildman–Crippen LogP) is 4.49. The molecule has 1 atom stereocenters. The molecule has 1 aromatic rings. The molecule has 120 valence electrons. The van der Waals surface area contributed by atoms with E-state index in [0.29, 0.717) is 19.8 Å². The van der Waals surface area contributed by atoms with Gasteiger partial charge in [-0.25, -0.2) is 0 Å². The summed E-state index contributed by atoms with van der Waals surface area (Å²) >= 11 is 2.45. The highest BCUT2D eigenvalue weighted by Crippen LogP contribution is 2.42. The molecule has 1 unspecified atom stereocenters. The summed E-state index contributed by atoms with van der Waals surface area (Å²) in [6.07, 6.45) is 1.02. The molecule has 0 spiro atoms. The Hall–Kier alpha value is 0.0469. The van der Waals surface area contributed by atoms with Gasteiger partial charge in [0.25, 0.3) is 0 Å². The molecule has 5 heteroatoms. The Morgan fingerprint density at radius 1 is 1.00 bits per heavy atom. The summed E-state index contributed by atoms with van der Waals surface area (Å²) in [7, 11) is -2.81. The second-order valence-corrected chi connectivity index (χ2v) is 11.1. The van der Waals surface area contributed by atoms with Gasteiger partial charge in [0.05, 0.1) is 0 Å². The van der Waals surface area contributed by atoms with Crippen LogP contribution in [0.1, 0.15) is 45.7 Å². The molecule has 0 bridgehead atoms. The van der Waals surface area contributed by atoms with Crippen LogP contribution in [0, 0.1) is 0 Å². The second-order valence-electron chi connectivity index (χ2n) is 4.91. The van der Waals surface area contributed by atoms with E-state index in [2.05, 4.69) is 60.7 Å². The maximum atomic E-state index is 6.09. The Balaban J connectivity index is 3.28. The van der Waals surface area contributed by atoms with E-state index in [-0.39, 0.29) is 3.04 Å². The Labute approximate surface area is 143 Å². The molecule has 21 heavy (non-hydrogen) atoms. The third-order valence-electron chi connectivity index (χ3n) is 3.46. The predicted molar refractivity (Wildman–Crippen MR) is 97.8 cm³/mol. The van der Waals surface area contributed by atoms with Crippen LogP contribution in [0.25, 0.3) is 0 Å². The van der Waals surface area contributed by atoms with Crippen LogP contribution in [0.15, 0.2) is 24.3 Å². The fourth-order valence-corrected chi connectivity index (χ4v) is 6.81. The topological polar surface area (TPSA) is 27.7 Å². The lowest BCUT2D eigenvalue weighted by atomic mass is 10.1. The summed E-state index contributed by atoms with van der Waals surface area (Å²) in [5, 5.41) is 0. The van der Waals surface area contributed by atoms with Crippen LogP contribution < -0.4 is 0 Å². The molecule has 0 aliphatic carbocycles. The molecule has 0 saturated carbocycles. The molecular formula is C16H27IO3Si. The van der Waals surface area contributed by atoms with E-state index in [1.54, 1.807) is 0 Å². The summed E-state index contributed by atoms with van der Waals surface area (Å²) < 4.78 is 18.0.